The van der Waals surface area contributed by atoms with Crippen LogP contribution in [0.25, 0.3) is 0 Å². The third-order valence-electron chi connectivity index (χ3n) is 4.81. The normalized spacial score (nSPS) is 10.6. The molecule has 0 aliphatic heterocycles. The molecule has 0 amide bonds. The van der Waals surface area contributed by atoms with Gasteiger partial charge in [-0.25, -0.2) is 0 Å². The molecule has 0 atom stereocenters. The Morgan fingerprint density at radius 3 is 1.41 bits per heavy atom. The highest BCUT2D eigenvalue weighted by atomic mass is 16.5. The quantitative estimate of drug-likeness (QED) is 0.604. The van der Waals surface area contributed by atoms with Crippen molar-refractivity contribution in [3.63, 3.8) is 0 Å². The maximum absolute atomic E-state index is 8.87. The van der Waals surface area contributed by atoms with Crippen molar-refractivity contribution < 1.29 is 9.47 Å². The second kappa shape index (κ2) is 8.60. The molecule has 0 spiro atoms. The van der Waals surface area contributed by atoms with Crippen LogP contribution in [0.2, 0.25) is 0 Å². The molecule has 0 aliphatic rings. The van der Waals surface area contributed by atoms with Crippen molar-refractivity contribution in [1.29, 1.82) is 10.5 Å². The van der Waals surface area contributed by atoms with Crippen molar-refractivity contribution in [2.24, 2.45) is 0 Å². The number of nitriles is 2. The zero-order valence-corrected chi connectivity index (χ0v) is 16.9. The van der Waals surface area contributed by atoms with Crippen LogP contribution in [0.3, 0.4) is 0 Å². The van der Waals surface area contributed by atoms with Crippen LogP contribution in [0.1, 0.15) is 72.9 Å². The second-order valence-electron chi connectivity index (χ2n) is 7.51. The van der Waals surface area contributed by atoms with E-state index in [1.165, 1.54) is 22.3 Å². The van der Waals surface area contributed by atoms with Crippen LogP contribution < -0.4 is 9.47 Å². The largest absolute Gasteiger partial charge is 0.388 e. The third kappa shape index (κ3) is 4.60. The summed E-state index contributed by atoms with van der Waals surface area (Å²) < 4.78 is 10.2. The number of ether oxygens (including phenoxy) is 2. The lowest BCUT2D eigenvalue weighted by Crippen LogP contribution is -2.05. The Bertz CT molecular complexity index is 840. The topological polar surface area (TPSA) is 66.0 Å². The van der Waals surface area contributed by atoms with Gasteiger partial charge in [-0.1, -0.05) is 39.8 Å². The van der Waals surface area contributed by atoms with E-state index in [1.807, 2.05) is 26.0 Å². The Balaban J connectivity index is 2.56. The molecule has 2 aromatic rings. The average Bonchev–Trinajstić information content (AvgIpc) is 2.59. The molecular formula is C23H26N2O2. The third-order valence-corrected chi connectivity index (χ3v) is 4.81. The van der Waals surface area contributed by atoms with Gasteiger partial charge in [0.1, 0.15) is 11.5 Å². The monoisotopic (exact) mass is 362 g/mol. The van der Waals surface area contributed by atoms with Gasteiger partial charge in [-0.3, -0.25) is 0 Å². The predicted octanol–water partition coefficient (Wildman–Crippen LogP) is 5.86. The van der Waals surface area contributed by atoms with Crippen molar-refractivity contribution in [2.45, 2.75) is 59.8 Å². The lowest BCUT2D eigenvalue weighted by Gasteiger charge is -2.20. The van der Waals surface area contributed by atoms with E-state index < -0.39 is 0 Å². The van der Waals surface area contributed by atoms with Gasteiger partial charge in [0.15, 0.2) is 0 Å². The second-order valence-corrected chi connectivity index (χ2v) is 7.51. The van der Waals surface area contributed by atoms with Crippen molar-refractivity contribution in [1.82, 2.24) is 0 Å². The predicted molar refractivity (Wildman–Crippen MR) is 106 cm³/mol. The lowest BCUT2D eigenvalue weighted by molar-refractivity contribution is 0.501. The molecule has 0 unspecified atom stereocenters. The van der Waals surface area contributed by atoms with Gasteiger partial charge >= 0.3 is 0 Å². The van der Waals surface area contributed by atoms with E-state index >= 15 is 0 Å². The summed E-state index contributed by atoms with van der Waals surface area (Å²) in [4.78, 5) is 0. The van der Waals surface area contributed by atoms with Gasteiger partial charge < -0.3 is 9.47 Å². The van der Waals surface area contributed by atoms with Crippen LogP contribution in [-0.2, 0) is 6.42 Å². The highest BCUT2D eigenvalue weighted by molar-refractivity contribution is 5.49. The van der Waals surface area contributed by atoms with Gasteiger partial charge in [-0.2, -0.15) is 0 Å². The Morgan fingerprint density at radius 2 is 1.11 bits per heavy atom. The Morgan fingerprint density at radius 1 is 0.741 bits per heavy atom. The van der Waals surface area contributed by atoms with Gasteiger partial charge in [0.25, 0.3) is 12.5 Å². The molecular weight excluding hydrogens is 336 g/mol. The zero-order valence-electron chi connectivity index (χ0n) is 16.9. The summed E-state index contributed by atoms with van der Waals surface area (Å²) in [7, 11) is 0. The van der Waals surface area contributed by atoms with E-state index in [0.717, 1.165) is 17.5 Å². The van der Waals surface area contributed by atoms with Crippen LogP contribution >= 0.6 is 0 Å². The van der Waals surface area contributed by atoms with Crippen LogP contribution in [0.15, 0.2) is 24.3 Å². The molecule has 0 radical (unpaired) electrons. The minimum absolute atomic E-state index is 0.312. The number of benzene rings is 2. The minimum Gasteiger partial charge on any atom is -0.388 e. The first kappa shape index (κ1) is 20.3. The number of hydrogen-bond acceptors (Lipinski definition) is 4. The molecule has 2 rings (SSSR count). The Kier molecular flexibility index (Phi) is 6.48. The molecule has 140 valence electrons. The fraction of sp³-hybridized carbons (Fsp3) is 0.391. The molecule has 27 heavy (non-hydrogen) atoms. The standard InChI is InChI=1S/C23H26N2O2/c1-14(2)20-10-22(26-12-24)16(5)7-18(20)9-19-8-17(6)23(27-13-25)11-21(19)15(3)4/h7-8,10-11,14-15H,9H2,1-6H3. The minimum atomic E-state index is 0.312. The summed E-state index contributed by atoms with van der Waals surface area (Å²) in [6.45, 7) is 12.5. The lowest BCUT2D eigenvalue weighted by atomic mass is 9.87. The average molecular weight is 362 g/mol. The van der Waals surface area contributed by atoms with E-state index in [9.17, 15) is 0 Å². The van der Waals surface area contributed by atoms with E-state index in [0.29, 0.717) is 23.3 Å². The van der Waals surface area contributed by atoms with E-state index in [2.05, 4.69) is 39.8 Å². The maximum atomic E-state index is 8.87. The first-order valence-corrected chi connectivity index (χ1v) is 9.17. The first-order valence-electron chi connectivity index (χ1n) is 9.17. The molecule has 0 aliphatic carbocycles. The summed E-state index contributed by atoms with van der Waals surface area (Å²) >= 11 is 0. The summed E-state index contributed by atoms with van der Waals surface area (Å²) in [6, 6.07) is 8.18. The smallest absolute Gasteiger partial charge is 0.292 e. The van der Waals surface area contributed by atoms with Gasteiger partial charge in [0.2, 0.25) is 0 Å². The Labute approximate surface area is 162 Å². The van der Waals surface area contributed by atoms with Gasteiger partial charge in [-0.15, -0.1) is 10.5 Å². The van der Waals surface area contributed by atoms with E-state index in [-0.39, 0.29) is 0 Å². The van der Waals surface area contributed by atoms with Crippen LogP contribution in [0.5, 0.6) is 11.5 Å². The van der Waals surface area contributed by atoms with Crippen molar-refractivity contribution in [2.75, 3.05) is 0 Å². The molecule has 2 aromatic carbocycles. The molecule has 0 heterocycles. The molecule has 0 N–H and O–H groups in total. The molecule has 0 aromatic heterocycles. The number of rotatable bonds is 6. The fourth-order valence-corrected chi connectivity index (χ4v) is 3.43. The maximum Gasteiger partial charge on any atom is 0.292 e. The van der Waals surface area contributed by atoms with Gasteiger partial charge in [0, 0.05) is 0 Å². The first-order chi connectivity index (χ1) is 12.8. The van der Waals surface area contributed by atoms with Gasteiger partial charge in [-0.05, 0) is 77.6 Å². The molecule has 4 heteroatoms. The summed E-state index contributed by atoms with van der Waals surface area (Å²) in [5.74, 6) is 1.85. The van der Waals surface area contributed by atoms with Crippen molar-refractivity contribution in [3.05, 3.63) is 57.6 Å². The van der Waals surface area contributed by atoms with Crippen molar-refractivity contribution in [3.8, 4) is 24.0 Å². The SMILES string of the molecule is Cc1cc(Cc2cc(C)c(OC#N)cc2C(C)C)c(C(C)C)cc1OC#N. The van der Waals surface area contributed by atoms with E-state index in [1.54, 1.807) is 12.5 Å². The van der Waals surface area contributed by atoms with Crippen LogP contribution in [0.4, 0.5) is 0 Å². The molecule has 0 saturated heterocycles. The van der Waals surface area contributed by atoms with Crippen molar-refractivity contribution >= 4 is 0 Å². The fourth-order valence-electron chi connectivity index (χ4n) is 3.43. The summed E-state index contributed by atoms with van der Waals surface area (Å²) in [5.41, 5.74) is 6.70. The molecule has 0 bridgehead atoms. The number of nitrogens with zero attached hydrogens (tertiary/aromatic N) is 2. The summed E-state index contributed by atoms with van der Waals surface area (Å²) in [6.07, 6.45) is 4.32. The molecule has 0 fully saturated rings. The number of hydrogen-bond donors (Lipinski definition) is 0. The van der Waals surface area contributed by atoms with Gasteiger partial charge in [0.05, 0.1) is 0 Å². The Hall–Kier alpha value is -2.98. The highest BCUT2D eigenvalue weighted by Crippen LogP contribution is 2.34. The number of aryl methyl sites for hydroxylation is 2. The summed E-state index contributed by atoms with van der Waals surface area (Å²) in [5, 5.41) is 17.7. The zero-order chi connectivity index (χ0) is 20.1. The highest BCUT2D eigenvalue weighted by Gasteiger charge is 2.17. The molecule has 0 saturated carbocycles. The van der Waals surface area contributed by atoms with Crippen LogP contribution in [0, 0.1) is 36.9 Å². The van der Waals surface area contributed by atoms with Crippen LogP contribution in [-0.4, -0.2) is 0 Å². The molecule has 4 nitrogen and oxygen atoms in total. The van der Waals surface area contributed by atoms with E-state index in [4.69, 9.17) is 20.0 Å².